The lowest BCUT2D eigenvalue weighted by Gasteiger charge is -1.98. The highest BCUT2D eigenvalue weighted by atomic mass is 15.1. The maximum atomic E-state index is 7.50. The number of nitrogens with zero attached hydrogens (tertiary/aromatic N) is 3. The number of aryl methyl sites for hydroxylation is 1. The summed E-state index contributed by atoms with van der Waals surface area (Å²) in [5, 5.41) is 7.53. The molecule has 0 unspecified atom stereocenters. The van der Waals surface area contributed by atoms with Gasteiger partial charge in [-0.2, -0.15) is 10.2 Å². The summed E-state index contributed by atoms with van der Waals surface area (Å²) in [6.07, 6.45) is 5.26. The third-order valence-corrected chi connectivity index (χ3v) is 1.38. The summed E-state index contributed by atoms with van der Waals surface area (Å²) in [5.74, 6) is 0. The number of rotatable bonds is 0. The Morgan fingerprint density at radius 1 is 1.70 bits per heavy atom. The molecule has 3 nitrogen and oxygen atoms in total. The number of fused-ring (bicyclic) bond motifs is 1. The van der Waals surface area contributed by atoms with E-state index in [0.717, 1.165) is 5.56 Å². The lowest BCUT2D eigenvalue weighted by atomic mass is 10.2. The minimum Gasteiger partial charge on any atom is -0.356 e. The molecule has 2 aliphatic heterocycles. The third-order valence-electron chi connectivity index (χ3n) is 1.38. The fraction of sp³-hybridized carbons (Fsp3) is 0.143. The van der Waals surface area contributed by atoms with Crippen molar-refractivity contribution in [3.63, 3.8) is 0 Å². The van der Waals surface area contributed by atoms with Crippen LogP contribution in [0.3, 0.4) is 0 Å². The first kappa shape index (κ1) is 4.44. The fourth-order valence-corrected chi connectivity index (χ4v) is 0.894. The molecule has 0 aromatic rings. The second kappa shape index (κ2) is 1.80. The van der Waals surface area contributed by atoms with E-state index in [2.05, 4.69) is 10.2 Å². The van der Waals surface area contributed by atoms with Crippen molar-refractivity contribution in [2.24, 2.45) is 7.05 Å². The Morgan fingerprint density at radius 3 is 3.50 bits per heavy atom. The average Bonchev–Trinajstić information content (AvgIpc) is 2.34. The van der Waals surface area contributed by atoms with Crippen molar-refractivity contribution in [1.29, 1.82) is 0 Å². The predicted octanol–water partition coefficient (Wildman–Crippen LogP) is 0.920. The summed E-state index contributed by atoms with van der Waals surface area (Å²) < 4.78 is 9.33. The first-order chi connectivity index (χ1) is 5.27. The van der Waals surface area contributed by atoms with Crippen LogP contribution in [-0.2, 0) is 7.05 Å². The van der Waals surface area contributed by atoms with Gasteiger partial charge in [-0.15, -0.1) is 0 Å². The molecule has 0 bridgehead atoms. The van der Waals surface area contributed by atoms with Crippen molar-refractivity contribution in [3.8, 4) is 11.3 Å². The van der Waals surface area contributed by atoms with E-state index in [1.54, 1.807) is 12.4 Å². The monoisotopic (exact) mass is 134 g/mol. The van der Waals surface area contributed by atoms with E-state index < -0.39 is 0 Å². The van der Waals surface area contributed by atoms with Gasteiger partial charge in [-0.3, -0.25) is 0 Å². The summed E-state index contributed by atoms with van der Waals surface area (Å²) in [5.41, 5.74) is 1.59. The molecule has 0 aromatic carbocycles. The molecule has 10 heavy (non-hydrogen) atoms. The molecule has 0 saturated carbocycles. The highest BCUT2D eigenvalue weighted by Gasteiger charge is 2.01. The number of hydrogen-bond acceptors (Lipinski definition) is 2. The van der Waals surface area contributed by atoms with Gasteiger partial charge < -0.3 is 4.57 Å². The second-order valence-corrected chi connectivity index (χ2v) is 2.22. The minimum atomic E-state index is 0.419. The van der Waals surface area contributed by atoms with E-state index in [0.29, 0.717) is 11.7 Å². The molecule has 0 radical (unpaired) electrons. The van der Waals surface area contributed by atoms with Gasteiger partial charge in [0.05, 0.1) is 13.3 Å². The molecule has 0 amide bonds. The van der Waals surface area contributed by atoms with Crippen molar-refractivity contribution >= 4 is 0 Å². The normalized spacial score (nSPS) is 11.9. The van der Waals surface area contributed by atoms with E-state index in [4.69, 9.17) is 1.37 Å². The standard InChI is InChI=1S/C7H7N3/c1-10-3-2-7-6(5-10)4-8-9-7/h2-5H,1H3/i2D. The molecular formula is C7H7N3. The van der Waals surface area contributed by atoms with Crippen LogP contribution >= 0.6 is 0 Å². The number of aromatic nitrogens is 3. The Hall–Kier alpha value is -1.38. The molecule has 0 saturated heterocycles. The minimum absolute atomic E-state index is 0.419. The van der Waals surface area contributed by atoms with Crippen LogP contribution in [0.5, 0.6) is 0 Å². The van der Waals surface area contributed by atoms with Gasteiger partial charge >= 0.3 is 0 Å². The third kappa shape index (κ3) is 0.673. The van der Waals surface area contributed by atoms with Crippen LogP contribution < -0.4 is 0 Å². The van der Waals surface area contributed by atoms with E-state index >= 15 is 0 Å². The summed E-state index contributed by atoms with van der Waals surface area (Å²) in [7, 11) is 1.88. The van der Waals surface area contributed by atoms with Gasteiger partial charge in [0.15, 0.2) is 0 Å². The lowest BCUT2D eigenvalue weighted by Crippen LogP contribution is -1.89. The van der Waals surface area contributed by atoms with Crippen molar-refractivity contribution in [2.45, 2.75) is 0 Å². The topological polar surface area (TPSA) is 30.7 Å². The quantitative estimate of drug-likeness (QED) is 0.536. The molecular weight excluding hydrogens is 126 g/mol. The van der Waals surface area contributed by atoms with E-state index in [1.165, 1.54) is 0 Å². The zero-order valence-electron chi connectivity index (χ0n) is 6.57. The Labute approximate surface area is 60.1 Å². The van der Waals surface area contributed by atoms with Crippen LogP contribution in [-0.4, -0.2) is 14.8 Å². The van der Waals surface area contributed by atoms with Crippen molar-refractivity contribution in [3.05, 3.63) is 24.6 Å². The molecule has 0 atom stereocenters. The highest BCUT2D eigenvalue weighted by Crippen LogP contribution is 2.15. The van der Waals surface area contributed by atoms with Gasteiger partial charge in [0.2, 0.25) is 0 Å². The Bertz CT molecular complexity index is 355. The maximum absolute atomic E-state index is 7.50. The van der Waals surface area contributed by atoms with Crippen molar-refractivity contribution in [2.75, 3.05) is 0 Å². The SMILES string of the molecule is [2H]c1cn(C)cc2cnnc1-2. The van der Waals surface area contributed by atoms with Gasteiger partial charge in [-0.25, -0.2) is 0 Å². The Morgan fingerprint density at radius 2 is 2.60 bits per heavy atom. The zero-order valence-corrected chi connectivity index (χ0v) is 5.57. The molecule has 0 spiro atoms. The number of pyridine rings is 1. The summed E-state index contributed by atoms with van der Waals surface area (Å²) >= 11 is 0. The summed E-state index contributed by atoms with van der Waals surface area (Å²) in [4.78, 5) is 0. The molecule has 2 heterocycles. The highest BCUT2D eigenvalue weighted by molar-refractivity contribution is 5.57. The molecule has 0 aliphatic carbocycles. The first-order valence-corrected chi connectivity index (χ1v) is 3.01. The fourth-order valence-electron chi connectivity index (χ4n) is 0.894. The molecule has 3 heteroatoms. The van der Waals surface area contributed by atoms with Gasteiger partial charge in [0.1, 0.15) is 0 Å². The molecule has 0 N–H and O–H groups in total. The summed E-state index contributed by atoms with van der Waals surface area (Å²) in [6, 6.07) is 0.419. The molecule has 0 fully saturated rings. The van der Waals surface area contributed by atoms with Crippen molar-refractivity contribution < 1.29 is 1.37 Å². The van der Waals surface area contributed by atoms with Crippen LogP contribution in [0.15, 0.2) is 24.6 Å². The Kier molecular flexibility index (Phi) is 0.799. The average molecular weight is 134 g/mol. The molecule has 50 valence electrons. The smallest absolute Gasteiger partial charge is 0.0974 e. The van der Waals surface area contributed by atoms with Crippen molar-refractivity contribution in [1.82, 2.24) is 14.8 Å². The van der Waals surface area contributed by atoms with Gasteiger partial charge in [0.25, 0.3) is 0 Å². The van der Waals surface area contributed by atoms with Gasteiger partial charge in [0, 0.05) is 25.0 Å². The first-order valence-electron chi connectivity index (χ1n) is 3.51. The van der Waals surface area contributed by atoms with Crippen LogP contribution in [0, 0.1) is 0 Å². The van der Waals surface area contributed by atoms with Crippen LogP contribution in [0.25, 0.3) is 11.3 Å². The van der Waals surface area contributed by atoms with Crippen LogP contribution in [0.1, 0.15) is 1.37 Å². The van der Waals surface area contributed by atoms with Gasteiger partial charge in [-0.05, 0) is 6.04 Å². The lowest BCUT2D eigenvalue weighted by molar-refractivity contribution is 0.904. The zero-order chi connectivity index (χ0) is 7.84. The predicted molar refractivity (Wildman–Crippen MR) is 37.6 cm³/mol. The number of hydrogen-bond donors (Lipinski definition) is 0. The van der Waals surface area contributed by atoms with E-state index in [1.807, 2.05) is 17.8 Å². The maximum Gasteiger partial charge on any atom is 0.0974 e. The summed E-state index contributed by atoms with van der Waals surface area (Å²) in [6.45, 7) is 0. The van der Waals surface area contributed by atoms with E-state index in [9.17, 15) is 0 Å². The van der Waals surface area contributed by atoms with Gasteiger partial charge in [-0.1, -0.05) is 0 Å². The molecule has 2 rings (SSSR count). The Balaban J connectivity index is 2.79. The second-order valence-electron chi connectivity index (χ2n) is 2.22. The molecule has 2 aliphatic rings. The van der Waals surface area contributed by atoms with E-state index in [-0.39, 0.29) is 0 Å². The van der Waals surface area contributed by atoms with Crippen LogP contribution in [0.2, 0.25) is 0 Å². The largest absolute Gasteiger partial charge is 0.356 e. The van der Waals surface area contributed by atoms with Crippen LogP contribution in [0.4, 0.5) is 0 Å². The molecule has 0 aromatic heterocycles.